The average Bonchev–Trinajstić information content (AvgIpc) is 3.15. The van der Waals surface area contributed by atoms with Gasteiger partial charge in [0.05, 0.1) is 0 Å². The molecule has 0 unspecified atom stereocenters. The molecule has 0 radical (unpaired) electrons. The predicted octanol–water partition coefficient (Wildman–Crippen LogP) is 5.67. The summed E-state index contributed by atoms with van der Waals surface area (Å²) >= 11 is 0. The lowest BCUT2D eigenvalue weighted by molar-refractivity contribution is -0.302. The van der Waals surface area contributed by atoms with Crippen LogP contribution in [0.5, 0.6) is 5.75 Å². The molecular formula is C26H31F3N2O3. The van der Waals surface area contributed by atoms with Crippen molar-refractivity contribution in [2.75, 3.05) is 6.61 Å². The van der Waals surface area contributed by atoms with E-state index in [0.717, 1.165) is 11.1 Å². The van der Waals surface area contributed by atoms with E-state index in [4.69, 9.17) is 4.74 Å². The maximum Gasteiger partial charge on any atom is 0.438 e. The van der Waals surface area contributed by atoms with Crippen molar-refractivity contribution in [3.63, 3.8) is 0 Å². The Balaban J connectivity index is 1.70. The molecule has 184 valence electrons. The fraction of sp³-hybridized carbons (Fsp3) is 0.462. The fourth-order valence-corrected chi connectivity index (χ4v) is 3.89. The minimum absolute atomic E-state index is 0.134. The van der Waals surface area contributed by atoms with Crippen LogP contribution in [0.25, 0.3) is 0 Å². The molecule has 0 aromatic heterocycles. The Labute approximate surface area is 198 Å². The van der Waals surface area contributed by atoms with Gasteiger partial charge in [0.25, 0.3) is 11.6 Å². The number of rotatable bonds is 8. The first-order valence-corrected chi connectivity index (χ1v) is 11.3. The van der Waals surface area contributed by atoms with Crippen LogP contribution in [0.1, 0.15) is 58.1 Å². The Bertz CT molecular complexity index is 1020. The zero-order chi connectivity index (χ0) is 25.1. The number of amides is 1. The zero-order valence-corrected chi connectivity index (χ0v) is 19.9. The minimum atomic E-state index is -5.05. The van der Waals surface area contributed by atoms with Crippen molar-refractivity contribution in [1.29, 1.82) is 0 Å². The first-order chi connectivity index (χ1) is 15.8. The summed E-state index contributed by atoms with van der Waals surface area (Å²) in [6.07, 6.45) is -4.91. The summed E-state index contributed by atoms with van der Waals surface area (Å²) in [5, 5.41) is 14.3. The number of aliphatic hydroxyl groups is 1. The third-order valence-corrected chi connectivity index (χ3v) is 6.18. The van der Waals surface area contributed by atoms with E-state index in [1.165, 1.54) is 0 Å². The summed E-state index contributed by atoms with van der Waals surface area (Å²) in [5.41, 5.74) is -1.33. The van der Waals surface area contributed by atoms with Crippen molar-refractivity contribution in [3.8, 4) is 5.75 Å². The summed E-state index contributed by atoms with van der Waals surface area (Å²) in [4.78, 5) is 12.6. The van der Waals surface area contributed by atoms with Crippen molar-refractivity contribution in [2.45, 2.75) is 64.3 Å². The molecule has 2 aromatic carbocycles. The van der Waals surface area contributed by atoms with Gasteiger partial charge < -0.3 is 9.84 Å². The Morgan fingerprint density at radius 3 is 2.24 bits per heavy atom. The van der Waals surface area contributed by atoms with Crippen molar-refractivity contribution in [3.05, 3.63) is 65.7 Å². The maximum absolute atomic E-state index is 13.6. The fourth-order valence-electron chi connectivity index (χ4n) is 3.89. The van der Waals surface area contributed by atoms with Gasteiger partial charge >= 0.3 is 6.18 Å². The van der Waals surface area contributed by atoms with Gasteiger partial charge in [0, 0.05) is 17.5 Å². The van der Waals surface area contributed by atoms with Gasteiger partial charge in [-0.25, -0.2) is 0 Å². The van der Waals surface area contributed by atoms with E-state index in [1.807, 2.05) is 56.3 Å². The van der Waals surface area contributed by atoms with Crippen LogP contribution in [0.4, 0.5) is 13.2 Å². The van der Waals surface area contributed by atoms with E-state index >= 15 is 0 Å². The zero-order valence-electron chi connectivity index (χ0n) is 19.9. The number of hydrazone groups is 1. The minimum Gasteiger partial charge on any atom is -0.484 e. The second kappa shape index (κ2) is 9.78. The van der Waals surface area contributed by atoms with Crippen molar-refractivity contribution in [1.82, 2.24) is 5.01 Å². The van der Waals surface area contributed by atoms with Crippen molar-refractivity contribution in [2.24, 2.45) is 11.0 Å². The van der Waals surface area contributed by atoms with Crippen LogP contribution in [0.2, 0.25) is 0 Å². The lowest BCUT2D eigenvalue weighted by atomic mass is 9.78. The highest BCUT2D eigenvalue weighted by Crippen LogP contribution is 2.41. The third-order valence-electron chi connectivity index (χ3n) is 6.18. The van der Waals surface area contributed by atoms with Gasteiger partial charge in [0.2, 0.25) is 0 Å². The van der Waals surface area contributed by atoms with E-state index < -0.39 is 30.8 Å². The highest BCUT2D eigenvalue weighted by atomic mass is 19.4. The average molecular weight is 477 g/mol. The maximum atomic E-state index is 13.6. The molecule has 3 rings (SSSR count). The quantitative estimate of drug-likeness (QED) is 0.534. The molecule has 1 N–H and O–H groups in total. The highest BCUT2D eigenvalue weighted by Gasteiger charge is 2.63. The number of hydrogen-bond acceptors (Lipinski definition) is 4. The molecule has 2 aromatic rings. The van der Waals surface area contributed by atoms with Gasteiger partial charge in [-0.15, -0.1) is 0 Å². The Kier molecular flexibility index (Phi) is 7.41. The van der Waals surface area contributed by atoms with Gasteiger partial charge in [0.15, 0.2) is 6.61 Å². The van der Waals surface area contributed by atoms with E-state index in [9.17, 15) is 23.1 Å². The van der Waals surface area contributed by atoms with Crippen LogP contribution in [-0.2, 0) is 10.2 Å². The topological polar surface area (TPSA) is 62.1 Å². The molecule has 5 nitrogen and oxygen atoms in total. The number of ether oxygens (including phenoxy) is 1. The standard InChI is InChI=1S/C26H31F3N2O3/c1-18(2)10-13-21-16-25(33,26(27,28)29)31(30-21)23(32)17-34-22-14-11-20(12-15-22)24(3,4)19-8-6-5-7-9-19/h5-9,11-12,14-15,18,33H,10,13,16-17H2,1-4H3/t25-/m0/s1. The molecule has 0 saturated heterocycles. The monoisotopic (exact) mass is 476 g/mol. The first kappa shape index (κ1) is 25.7. The predicted molar refractivity (Wildman–Crippen MR) is 124 cm³/mol. The number of hydrogen-bond donors (Lipinski definition) is 1. The van der Waals surface area contributed by atoms with Crippen LogP contribution < -0.4 is 4.74 Å². The molecule has 1 heterocycles. The van der Waals surface area contributed by atoms with E-state index in [0.29, 0.717) is 12.2 Å². The van der Waals surface area contributed by atoms with Gasteiger partial charge in [-0.1, -0.05) is 70.2 Å². The summed E-state index contributed by atoms with van der Waals surface area (Å²) in [6, 6.07) is 17.0. The lowest BCUT2D eigenvalue weighted by Crippen LogP contribution is -2.57. The van der Waals surface area contributed by atoms with Gasteiger partial charge in [-0.2, -0.15) is 23.3 Å². The molecule has 1 aliphatic rings. The summed E-state index contributed by atoms with van der Waals surface area (Å²) in [6.45, 7) is 7.37. The van der Waals surface area contributed by atoms with Crippen LogP contribution in [-0.4, -0.2) is 40.2 Å². The molecule has 0 spiro atoms. The molecule has 34 heavy (non-hydrogen) atoms. The van der Waals surface area contributed by atoms with Crippen LogP contribution in [0, 0.1) is 5.92 Å². The summed E-state index contributed by atoms with van der Waals surface area (Å²) in [5.74, 6) is -0.475. The smallest absolute Gasteiger partial charge is 0.438 e. The van der Waals surface area contributed by atoms with E-state index in [1.54, 1.807) is 12.1 Å². The second-order valence-corrected chi connectivity index (χ2v) is 9.60. The number of nitrogens with zero attached hydrogens (tertiary/aromatic N) is 2. The number of carbonyl (C=O) groups excluding carboxylic acids is 1. The lowest BCUT2D eigenvalue weighted by Gasteiger charge is -2.32. The first-order valence-electron chi connectivity index (χ1n) is 11.3. The van der Waals surface area contributed by atoms with E-state index in [-0.39, 0.29) is 28.5 Å². The molecule has 0 aliphatic carbocycles. The second-order valence-electron chi connectivity index (χ2n) is 9.60. The van der Waals surface area contributed by atoms with Crippen LogP contribution in [0.15, 0.2) is 59.7 Å². The molecule has 0 bridgehead atoms. The number of carbonyl (C=O) groups is 1. The Hall–Kier alpha value is -2.87. The van der Waals surface area contributed by atoms with Gasteiger partial charge in [-0.05, 0) is 42.0 Å². The van der Waals surface area contributed by atoms with Crippen molar-refractivity contribution < 1.29 is 27.8 Å². The molecule has 0 saturated carbocycles. The Morgan fingerprint density at radius 1 is 1.09 bits per heavy atom. The third kappa shape index (κ3) is 5.43. The van der Waals surface area contributed by atoms with E-state index in [2.05, 4.69) is 18.9 Å². The number of alkyl halides is 3. The number of benzene rings is 2. The molecule has 1 atom stereocenters. The van der Waals surface area contributed by atoms with Gasteiger partial charge in [-0.3, -0.25) is 4.79 Å². The molecule has 0 fully saturated rings. The highest BCUT2D eigenvalue weighted by molar-refractivity contribution is 5.91. The number of halogens is 3. The molecule has 1 amide bonds. The SMILES string of the molecule is CC(C)CCC1=NN(C(=O)COc2ccc(C(C)(C)c3ccccc3)cc2)[C@@](O)(C(F)(F)F)C1. The van der Waals surface area contributed by atoms with Crippen LogP contribution >= 0.6 is 0 Å². The molecule has 1 aliphatic heterocycles. The molecule has 8 heteroatoms. The normalized spacial score (nSPS) is 18.9. The summed E-state index contributed by atoms with van der Waals surface area (Å²) < 4.78 is 46.3. The Morgan fingerprint density at radius 2 is 1.68 bits per heavy atom. The van der Waals surface area contributed by atoms with Crippen LogP contribution in [0.3, 0.4) is 0 Å². The summed E-state index contributed by atoms with van der Waals surface area (Å²) in [7, 11) is 0. The molecular weight excluding hydrogens is 445 g/mol. The van der Waals surface area contributed by atoms with Crippen molar-refractivity contribution >= 4 is 11.6 Å². The van der Waals surface area contributed by atoms with Gasteiger partial charge in [0.1, 0.15) is 5.75 Å². The largest absolute Gasteiger partial charge is 0.484 e.